The van der Waals surface area contributed by atoms with Crippen molar-refractivity contribution >= 4 is 10.9 Å². The Kier molecular flexibility index (Phi) is 3.83. The highest BCUT2D eigenvalue weighted by Crippen LogP contribution is 2.18. The molecule has 0 atom stereocenters. The molecule has 0 aliphatic carbocycles. The highest BCUT2D eigenvalue weighted by Gasteiger charge is 2.03. The van der Waals surface area contributed by atoms with Gasteiger partial charge < -0.3 is 9.88 Å². The molecule has 4 nitrogen and oxygen atoms in total. The van der Waals surface area contributed by atoms with E-state index in [1.54, 1.807) is 0 Å². The van der Waals surface area contributed by atoms with Crippen LogP contribution < -0.4 is 5.32 Å². The molecule has 0 radical (unpaired) electrons. The Morgan fingerprint density at radius 1 is 1.15 bits per heavy atom. The van der Waals surface area contributed by atoms with Crippen molar-refractivity contribution in [1.82, 2.24) is 19.7 Å². The highest BCUT2D eigenvalue weighted by molar-refractivity contribution is 5.80. The molecular formula is C16H20N4. The van der Waals surface area contributed by atoms with Crippen LogP contribution in [0.25, 0.3) is 10.9 Å². The number of nitrogens with one attached hydrogen (secondary N) is 1. The second kappa shape index (κ2) is 5.92. The Hall–Kier alpha value is -2.07. The summed E-state index contributed by atoms with van der Waals surface area (Å²) in [6.45, 7) is 5.89. The summed E-state index contributed by atoms with van der Waals surface area (Å²) >= 11 is 0. The fourth-order valence-electron chi connectivity index (χ4n) is 2.45. The lowest BCUT2D eigenvalue weighted by Gasteiger charge is -2.08. The molecule has 1 N–H and O–H groups in total. The number of hydrogen-bond donors (Lipinski definition) is 1. The quantitative estimate of drug-likeness (QED) is 0.746. The van der Waals surface area contributed by atoms with Crippen molar-refractivity contribution in [2.75, 3.05) is 6.54 Å². The number of aryl methyl sites for hydroxylation is 2. The topological polar surface area (TPSA) is 34.8 Å². The van der Waals surface area contributed by atoms with Crippen LogP contribution in [0.1, 0.15) is 12.5 Å². The van der Waals surface area contributed by atoms with Gasteiger partial charge in [-0.3, -0.25) is 4.68 Å². The van der Waals surface area contributed by atoms with Crippen molar-refractivity contribution in [2.24, 2.45) is 0 Å². The van der Waals surface area contributed by atoms with Gasteiger partial charge in [0.2, 0.25) is 0 Å². The highest BCUT2D eigenvalue weighted by atomic mass is 15.3. The first-order chi connectivity index (χ1) is 9.86. The molecule has 0 saturated heterocycles. The van der Waals surface area contributed by atoms with Crippen molar-refractivity contribution < 1.29 is 0 Å². The van der Waals surface area contributed by atoms with Gasteiger partial charge in [-0.05, 0) is 35.7 Å². The van der Waals surface area contributed by atoms with Gasteiger partial charge in [0, 0.05) is 37.2 Å². The largest absolute Gasteiger partial charge is 0.346 e. The SMILES string of the molecule is CCNCc1ccc2ccn(CCn3cccn3)c2c1. The van der Waals surface area contributed by atoms with Crippen molar-refractivity contribution in [3.05, 3.63) is 54.5 Å². The van der Waals surface area contributed by atoms with Crippen molar-refractivity contribution in [3.8, 4) is 0 Å². The van der Waals surface area contributed by atoms with Crippen molar-refractivity contribution in [3.63, 3.8) is 0 Å². The van der Waals surface area contributed by atoms with Gasteiger partial charge in [-0.25, -0.2) is 0 Å². The van der Waals surface area contributed by atoms with Crippen LogP contribution >= 0.6 is 0 Å². The van der Waals surface area contributed by atoms with Gasteiger partial charge >= 0.3 is 0 Å². The molecule has 4 heteroatoms. The minimum atomic E-state index is 0.897. The third-order valence-electron chi connectivity index (χ3n) is 3.55. The molecule has 0 amide bonds. The molecular weight excluding hydrogens is 248 g/mol. The second-order valence-electron chi connectivity index (χ2n) is 4.95. The zero-order chi connectivity index (χ0) is 13.8. The summed E-state index contributed by atoms with van der Waals surface area (Å²) in [5, 5.41) is 8.92. The van der Waals surface area contributed by atoms with Crippen LogP contribution in [0.3, 0.4) is 0 Å². The summed E-state index contributed by atoms with van der Waals surface area (Å²) < 4.78 is 4.26. The van der Waals surface area contributed by atoms with E-state index in [2.05, 4.69) is 52.4 Å². The Labute approximate surface area is 119 Å². The third kappa shape index (κ3) is 2.75. The van der Waals surface area contributed by atoms with Crippen molar-refractivity contribution in [1.29, 1.82) is 0 Å². The Balaban J connectivity index is 1.79. The molecule has 1 aromatic carbocycles. The van der Waals surface area contributed by atoms with Crippen LogP contribution in [-0.4, -0.2) is 20.9 Å². The molecule has 2 heterocycles. The fraction of sp³-hybridized carbons (Fsp3) is 0.312. The van der Waals surface area contributed by atoms with Gasteiger partial charge in [0.05, 0.1) is 6.54 Å². The van der Waals surface area contributed by atoms with Crippen LogP contribution in [0.15, 0.2) is 48.9 Å². The lowest BCUT2D eigenvalue weighted by atomic mass is 10.1. The van der Waals surface area contributed by atoms with E-state index in [9.17, 15) is 0 Å². The van der Waals surface area contributed by atoms with Gasteiger partial charge in [-0.2, -0.15) is 5.10 Å². The smallest absolute Gasteiger partial charge is 0.0588 e. The fourth-order valence-corrected chi connectivity index (χ4v) is 2.45. The summed E-state index contributed by atoms with van der Waals surface area (Å²) in [5.74, 6) is 0. The minimum absolute atomic E-state index is 0.897. The molecule has 0 spiro atoms. The van der Waals surface area contributed by atoms with Crippen LogP contribution in [0.5, 0.6) is 0 Å². The van der Waals surface area contributed by atoms with E-state index >= 15 is 0 Å². The van der Waals surface area contributed by atoms with Crippen LogP contribution in [0.4, 0.5) is 0 Å². The van der Waals surface area contributed by atoms with E-state index in [0.29, 0.717) is 0 Å². The normalized spacial score (nSPS) is 11.2. The summed E-state index contributed by atoms with van der Waals surface area (Å²) in [6, 6.07) is 10.8. The van der Waals surface area contributed by atoms with Crippen LogP contribution in [0, 0.1) is 0 Å². The van der Waals surface area contributed by atoms with Gasteiger partial charge in [-0.1, -0.05) is 19.1 Å². The standard InChI is InChI=1S/C16H20N4/c1-2-17-13-14-4-5-15-6-9-19(16(15)12-14)10-11-20-8-3-7-18-20/h3-9,12,17H,2,10-11,13H2,1H3. The molecule has 0 fully saturated rings. The van der Waals surface area contributed by atoms with Crippen LogP contribution in [0.2, 0.25) is 0 Å². The number of rotatable bonds is 6. The van der Waals surface area contributed by atoms with Crippen molar-refractivity contribution in [2.45, 2.75) is 26.6 Å². The minimum Gasteiger partial charge on any atom is -0.346 e. The summed E-state index contributed by atoms with van der Waals surface area (Å²) in [4.78, 5) is 0. The van der Waals surface area contributed by atoms with E-state index < -0.39 is 0 Å². The number of benzene rings is 1. The van der Waals surface area contributed by atoms with Gasteiger partial charge in [0.15, 0.2) is 0 Å². The first-order valence-electron chi connectivity index (χ1n) is 7.13. The lowest BCUT2D eigenvalue weighted by molar-refractivity contribution is 0.543. The monoisotopic (exact) mass is 268 g/mol. The molecule has 2 aromatic heterocycles. The summed E-state index contributed by atoms with van der Waals surface area (Å²) in [5.41, 5.74) is 2.63. The zero-order valence-electron chi connectivity index (χ0n) is 11.8. The first-order valence-corrected chi connectivity index (χ1v) is 7.13. The summed E-state index contributed by atoms with van der Waals surface area (Å²) in [7, 11) is 0. The third-order valence-corrected chi connectivity index (χ3v) is 3.55. The molecule has 104 valence electrons. The molecule has 3 rings (SSSR count). The maximum atomic E-state index is 4.25. The molecule has 0 saturated carbocycles. The number of aromatic nitrogens is 3. The lowest BCUT2D eigenvalue weighted by Crippen LogP contribution is -2.11. The van der Waals surface area contributed by atoms with E-state index in [0.717, 1.165) is 26.2 Å². The molecule has 3 aromatic rings. The number of fused-ring (bicyclic) bond motifs is 1. The molecule has 0 aliphatic rings. The number of nitrogens with zero attached hydrogens (tertiary/aromatic N) is 3. The van der Waals surface area contributed by atoms with Gasteiger partial charge in [0.25, 0.3) is 0 Å². The van der Waals surface area contributed by atoms with E-state index in [-0.39, 0.29) is 0 Å². The predicted octanol–water partition coefficient (Wildman–Crippen LogP) is 2.65. The Bertz CT molecular complexity index is 667. The Morgan fingerprint density at radius 3 is 2.90 bits per heavy atom. The number of hydrogen-bond acceptors (Lipinski definition) is 2. The molecule has 0 bridgehead atoms. The maximum Gasteiger partial charge on any atom is 0.0588 e. The van der Waals surface area contributed by atoms with E-state index in [1.165, 1.54) is 16.5 Å². The van der Waals surface area contributed by atoms with Gasteiger partial charge in [0.1, 0.15) is 0 Å². The Morgan fingerprint density at radius 2 is 2.10 bits per heavy atom. The molecule has 0 aliphatic heterocycles. The average molecular weight is 268 g/mol. The average Bonchev–Trinajstić information content (AvgIpc) is 3.12. The van der Waals surface area contributed by atoms with E-state index in [4.69, 9.17) is 0 Å². The second-order valence-corrected chi connectivity index (χ2v) is 4.95. The predicted molar refractivity (Wildman–Crippen MR) is 81.5 cm³/mol. The van der Waals surface area contributed by atoms with Gasteiger partial charge in [-0.15, -0.1) is 0 Å². The molecule has 0 unspecified atom stereocenters. The molecule has 20 heavy (non-hydrogen) atoms. The van der Waals surface area contributed by atoms with E-state index in [1.807, 2.05) is 23.1 Å². The maximum absolute atomic E-state index is 4.25. The zero-order valence-corrected chi connectivity index (χ0v) is 11.8. The summed E-state index contributed by atoms with van der Waals surface area (Å²) in [6.07, 6.45) is 5.98. The van der Waals surface area contributed by atoms with Crippen LogP contribution in [-0.2, 0) is 19.6 Å². The first kappa shape index (κ1) is 12.9.